The second kappa shape index (κ2) is 5.64. The van der Waals surface area contributed by atoms with Crippen molar-refractivity contribution in [2.75, 3.05) is 30.0 Å². The van der Waals surface area contributed by atoms with Crippen molar-refractivity contribution in [1.82, 2.24) is 0 Å². The van der Waals surface area contributed by atoms with Crippen LogP contribution in [0.25, 0.3) is 0 Å². The molecule has 0 aliphatic carbocycles. The van der Waals surface area contributed by atoms with Crippen LogP contribution in [0.4, 0.5) is 0 Å². The average Bonchev–Trinajstić information content (AvgIpc) is 2.18. The van der Waals surface area contributed by atoms with E-state index in [4.69, 9.17) is 4.74 Å². The number of halogens is 1. The van der Waals surface area contributed by atoms with E-state index in [0.717, 1.165) is 18.2 Å². The van der Waals surface area contributed by atoms with Crippen LogP contribution in [0.1, 0.15) is 26.2 Å². The standard InChI is InChI=1S/C10H19BrO3S/c1-2-7-15(12,13)9-10(8-11)3-5-14-6-4-10/h2-9H2,1H3. The molecule has 1 aliphatic heterocycles. The minimum absolute atomic E-state index is 0.0910. The van der Waals surface area contributed by atoms with Crippen LogP contribution in [0.3, 0.4) is 0 Å². The molecular weight excluding hydrogens is 280 g/mol. The Kier molecular flexibility index (Phi) is 5.06. The van der Waals surface area contributed by atoms with Crippen LogP contribution in [-0.2, 0) is 14.6 Å². The molecule has 1 saturated heterocycles. The first-order valence-corrected chi connectivity index (χ1v) is 8.32. The molecule has 0 amide bonds. The highest BCUT2D eigenvalue weighted by Crippen LogP contribution is 2.34. The quantitative estimate of drug-likeness (QED) is 0.729. The number of ether oxygens (including phenoxy) is 1. The van der Waals surface area contributed by atoms with Crippen molar-refractivity contribution in [1.29, 1.82) is 0 Å². The van der Waals surface area contributed by atoms with Crippen LogP contribution in [0.2, 0.25) is 0 Å². The predicted octanol–water partition coefficient (Wildman–Crippen LogP) is 2.00. The van der Waals surface area contributed by atoms with Gasteiger partial charge in [0, 0.05) is 24.3 Å². The molecule has 15 heavy (non-hydrogen) atoms. The van der Waals surface area contributed by atoms with Crippen LogP contribution >= 0.6 is 15.9 Å². The lowest BCUT2D eigenvalue weighted by atomic mass is 9.85. The molecule has 0 aromatic rings. The van der Waals surface area contributed by atoms with Gasteiger partial charge in [-0.3, -0.25) is 0 Å². The zero-order valence-electron chi connectivity index (χ0n) is 9.17. The fourth-order valence-electron chi connectivity index (χ4n) is 1.97. The topological polar surface area (TPSA) is 43.4 Å². The number of alkyl halides is 1. The molecular formula is C10H19BrO3S. The third-order valence-electron chi connectivity index (χ3n) is 2.88. The lowest BCUT2D eigenvalue weighted by Gasteiger charge is -2.35. The number of sulfone groups is 1. The third kappa shape index (κ3) is 4.04. The highest BCUT2D eigenvalue weighted by Gasteiger charge is 2.35. The van der Waals surface area contributed by atoms with E-state index < -0.39 is 9.84 Å². The molecule has 1 heterocycles. The summed E-state index contributed by atoms with van der Waals surface area (Å²) in [6.07, 6.45) is 2.40. The Labute approximate surface area is 101 Å². The van der Waals surface area contributed by atoms with E-state index in [1.807, 2.05) is 6.92 Å². The van der Waals surface area contributed by atoms with Gasteiger partial charge in [-0.05, 0) is 24.7 Å². The van der Waals surface area contributed by atoms with Crippen LogP contribution in [0, 0.1) is 5.41 Å². The molecule has 5 heteroatoms. The molecule has 0 saturated carbocycles. The van der Waals surface area contributed by atoms with Crippen LogP contribution in [0.5, 0.6) is 0 Å². The maximum absolute atomic E-state index is 11.8. The van der Waals surface area contributed by atoms with E-state index in [1.54, 1.807) is 0 Å². The summed E-state index contributed by atoms with van der Waals surface area (Å²) >= 11 is 3.45. The summed E-state index contributed by atoms with van der Waals surface area (Å²) in [5.74, 6) is 0.616. The molecule has 3 nitrogen and oxygen atoms in total. The number of hydrogen-bond acceptors (Lipinski definition) is 3. The fraction of sp³-hybridized carbons (Fsp3) is 1.00. The van der Waals surface area contributed by atoms with E-state index in [-0.39, 0.29) is 5.41 Å². The van der Waals surface area contributed by atoms with Gasteiger partial charge in [0.15, 0.2) is 9.84 Å². The summed E-state index contributed by atoms with van der Waals surface area (Å²) in [4.78, 5) is 0. The minimum atomic E-state index is -2.89. The Bertz CT molecular complexity index is 281. The summed E-state index contributed by atoms with van der Waals surface area (Å²) < 4.78 is 28.9. The van der Waals surface area contributed by atoms with Crippen LogP contribution in [0.15, 0.2) is 0 Å². The molecule has 0 atom stereocenters. The van der Waals surface area contributed by atoms with Gasteiger partial charge in [0.2, 0.25) is 0 Å². The monoisotopic (exact) mass is 298 g/mol. The smallest absolute Gasteiger partial charge is 0.150 e. The molecule has 1 rings (SSSR count). The molecule has 1 fully saturated rings. The lowest BCUT2D eigenvalue weighted by molar-refractivity contribution is 0.0367. The third-order valence-corrected chi connectivity index (χ3v) is 6.15. The van der Waals surface area contributed by atoms with Gasteiger partial charge in [-0.25, -0.2) is 8.42 Å². The molecule has 0 unspecified atom stereocenters. The first kappa shape index (κ1) is 13.5. The first-order valence-electron chi connectivity index (χ1n) is 5.38. The Morgan fingerprint density at radius 1 is 1.33 bits per heavy atom. The molecule has 0 radical (unpaired) electrons. The normalized spacial score (nSPS) is 21.5. The van der Waals surface area contributed by atoms with Crippen molar-refractivity contribution in [3.63, 3.8) is 0 Å². The highest BCUT2D eigenvalue weighted by atomic mass is 79.9. The molecule has 0 spiro atoms. The van der Waals surface area contributed by atoms with Gasteiger partial charge in [-0.15, -0.1) is 0 Å². The summed E-state index contributed by atoms with van der Waals surface area (Å²) in [7, 11) is -2.89. The van der Waals surface area contributed by atoms with E-state index in [2.05, 4.69) is 15.9 Å². The van der Waals surface area contributed by atoms with Gasteiger partial charge in [0.05, 0.1) is 5.75 Å². The number of rotatable bonds is 5. The highest BCUT2D eigenvalue weighted by molar-refractivity contribution is 9.09. The summed E-state index contributed by atoms with van der Waals surface area (Å²) in [6.45, 7) is 3.28. The zero-order valence-corrected chi connectivity index (χ0v) is 11.6. The molecule has 90 valence electrons. The summed E-state index contributed by atoms with van der Waals surface area (Å²) in [6, 6.07) is 0. The molecule has 0 bridgehead atoms. The van der Waals surface area contributed by atoms with Crippen LogP contribution < -0.4 is 0 Å². The SMILES string of the molecule is CCCS(=O)(=O)CC1(CBr)CCOCC1. The van der Waals surface area contributed by atoms with E-state index in [1.165, 1.54) is 0 Å². The maximum atomic E-state index is 11.8. The second-order valence-corrected chi connectivity index (χ2v) is 7.08. The molecule has 1 aliphatic rings. The Balaban J connectivity index is 2.66. The lowest BCUT2D eigenvalue weighted by Crippen LogP contribution is -2.38. The van der Waals surface area contributed by atoms with Gasteiger partial charge in [0.1, 0.15) is 0 Å². The minimum Gasteiger partial charge on any atom is -0.381 e. The number of hydrogen-bond donors (Lipinski definition) is 0. The van der Waals surface area contributed by atoms with Crippen molar-refractivity contribution in [3.8, 4) is 0 Å². The van der Waals surface area contributed by atoms with Gasteiger partial charge < -0.3 is 4.74 Å². The Hall–Kier alpha value is 0.390. The largest absolute Gasteiger partial charge is 0.381 e. The average molecular weight is 299 g/mol. The molecule has 0 N–H and O–H groups in total. The predicted molar refractivity (Wildman–Crippen MR) is 65.2 cm³/mol. The first-order chi connectivity index (χ1) is 7.04. The Morgan fingerprint density at radius 3 is 2.40 bits per heavy atom. The summed E-state index contributed by atoms with van der Waals surface area (Å²) in [5.41, 5.74) is -0.0910. The van der Waals surface area contributed by atoms with Gasteiger partial charge in [-0.2, -0.15) is 0 Å². The van der Waals surface area contributed by atoms with Gasteiger partial charge in [-0.1, -0.05) is 22.9 Å². The van der Waals surface area contributed by atoms with Gasteiger partial charge in [0.25, 0.3) is 0 Å². The van der Waals surface area contributed by atoms with E-state index in [9.17, 15) is 8.42 Å². The van der Waals surface area contributed by atoms with E-state index >= 15 is 0 Å². The van der Waals surface area contributed by atoms with Crippen molar-refractivity contribution in [2.24, 2.45) is 5.41 Å². The van der Waals surface area contributed by atoms with Crippen molar-refractivity contribution in [2.45, 2.75) is 26.2 Å². The fourth-order valence-corrected chi connectivity index (χ4v) is 5.08. The molecule has 0 aromatic heterocycles. The molecule has 0 aromatic carbocycles. The van der Waals surface area contributed by atoms with Gasteiger partial charge >= 0.3 is 0 Å². The second-order valence-electron chi connectivity index (χ2n) is 4.34. The Morgan fingerprint density at radius 2 is 1.93 bits per heavy atom. The summed E-state index contributed by atoms with van der Waals surface area (Å²) in [5, 5.41) is 0.756. The van der Waals surface area contributed by atoms with Crippen molar-refractivity contribution >= 4 is 25.8 Å². The van der Waals surface area contributed by atoms with Crippen LogP contribution in [-0.4, -0.2) is 38.5 Å². The zero-order chi connectivity index (χ0) is 11.4. The van der Waals surface area contributed by atoms with Crippen molar-refractivity contribution in [3.05, 3.63) is 0 Å². The van der Waals surface area contributed by atoms with E-state index in [0.29, 0.717) is 31.1 Å². The van der Waals surface area contributed by atoms with Crippen molar-refractivity contribution < 1.29 is 13.2 Å². The maximum Gasteiger partial charge on any atom is 0.150 e.